The van der Waals surface area contributed by atoms with Crippen molar-refractivity contribution in [3.8, 4) is 0 Å². The first-order chi connectivity index (χ1) is 10.2. The van der Waals surface area contributed by atoms with E-state index in [1.165, 1.54) is 7.11 Å². The average molecular weight is 310 g/mol. The number of hydrogen-bond donors (Lipinski definition) is 1. The first-order valence-corrected chi connectivity index (χ1v) is 7.78. The molecule has 0 aliphatic carbocycles. The Balaban J connectivity index is 2.29. The molecular weight excluding hydrogens is 288 g/mol. The highest BCUT2D eigenvalue weighted by Crippen LogP contribution is 2.11. The molecule has 0 saturated heterocycles. The van der Waals surface area contributed by atoms with E-state index in [4.69, 9.17) is 0 Å². The van der Waals surface area contributed by atoms with Gasteiger partial charge in [-0.25, -0.2) is 4.79 Å². The monoisotopic (exact) mass is 310 g/mol. The molecule has 0 fully saturated rings. The lowest BCUT2D eigenvalue weighted by Crippen LogP contribution is -2.39. The van der Waals surface area contributed by atoms with Crippen LogP contribution in [0.15, 0.2) is 30.2 Å². The lowest BCUT2D eigenvalue weighted by molar-refractivity contribution is -0.140. The van der Waals surface area contributed by atoms with Gasteiger partial charge in [0.1, 0.15) is 0 Å². The van der Waals surface area contributed by atoms with E-state index in [1.54, 1.807) is 22.3 Å². The standard InChI is InChI=1S/C15H22N2O3S/c1-3-10-17(12-13-7-6-11-21-13)15(19)16-9-5-4-8-14(18)20-2/h3,6-7,11H,1,4-5,8-10,12H2,2H3,(H,16,19). The Labute approximate surface area is 129 Å². The van der Waals surface area contributed by atoms with E-state index < -0.39 is 0 Å². The van der Waals surface area contributed by atoms with E-state index in [0.717, 1.165) is 11.3 Å². The number of esters is 1. The van der Waals surface area contributed by atoms with E-state index in [0.29, 0.717) is 32.5 Å². The second-order valence-corrected chi connectivity index (χ2v) is 5.55. The molecule has 0 bridgehead atoms. The molecule has 21 heavy (non-hydrogen) atoms. The van der Waals surface area contributed by atoms with Gasteiger partial charge < -0.3 is 15.0 Å². The van der Waals surface area contributed by atoms with Crippen LogP contribution < -0.4 is 5.32 Å². The Kier molecular flexibility index (Phi) is 8.19. The Hall–Kier alpha value is -1.82. The summed E-state index contributed by atoms with van der Waals surface area (Å²) in [6.07, 6.45) is 3.56. The highest BCUT2D eigenvalue weighted by Gasteiger charge is 2.12. The Morgan fingerprint density at radius 1 is 1.48 bits per heavy atom. The zero-order chi connectivity index (χ0) is 15.5. The minimum absolute atomic E-state index is 0.110. The van der Waals surface area contributed by atoms with Gasteiger partial charge >= 0.3 is 12.0 Å². The summed E-state index contributed by atoms with van der Waals surface area (Å²) in [6.45, 7) is 5.32. The minimum Gasteiger partial charge on any atom is -0.469 e. The zero-order valence-corrected chi connectivity index (χ0v) is 13.2. The molecule has 0 radical (unpaired) electrons. The number of hydrogen-bond acceptors (Lipinski definition) is 4. The lowest BCUT2D eigenvalue weighted by atomic mass is 10.2. The lowest BCUT2D eigenvalue weighted by Gasteiger charge is -2.21. The maximum atomic E-state index is 12.1. The van der Waals surface area contributed by atoms with E-state index in [2.05, 4.69) is 16.6 Å². The van der Waals surface area contributed by atoms with Crippen molar-refractivity contribution in [3.63, 3.8) is 0 Å². The van der Waals surface area contributed by atoms with Crippen molar-refractivity contribution in [1.29, 1.82) is 0 Å². The third kappa shape index (κ3) is 6.94. The number of nitrogens with zero attached hydrogens (tertiary/aromatic N) is 1. The van der Waals surface area contributed by atoms with Gasteiger partial charge in [0.05, 0.1) is 13.7 Å². The fraction of sp³-hybridized carbons (Fsp3) is 0.467. The Morgan fingerprint density at radius 3 is 2.90 bits per heavy atom. The minimum atomic E-state index is -0.215. The first-order valence-electron chi connectivity index (χ1n) is 6.90. The summed E-state index contributed by atoms with van der Waals surface area (Å²) < 4.78 is 4.56. The van der Waals surface area contributed by atoms with Crippen LogP contribution >= 0.6 is 11.3 Å². The fourth-order valence-electron chi connectivity index (χ4n) is 1.77. The normalized spacial score (nSPS) is 9.95. The van der Waals surface area contributed by atoms with Crippen molar-refractivity contribution < 1.29 is 14.3 Å². The number of ether oxygens (including phenoxy) is 1. The van der Waals surface area contributed by atoms with Crippen LogP contribution in [0.2, 0.25) is 0 Å². The van der Waals surface area contributed by atoms with Crippen LogP contribution in [0.25, 0.3) is 0 Å². The topological polar surface area (TPSA) is 58.6 Å². The molecule has 0 aromatic carbocycles. The van der Waals surface area contributed by atoms with Crippen LogP contribution in [0.3, 0.4) is 0 Å². The number of carbonyl (C=O) groups excluding carboxylic acids is 2. The van der Waals surface area contributed by atoms with Crippen molar-refractivity contribution >= 4 is 23.3 Å². The molecule has 1 aromatic rings. The number of rotatable bonds is 9. The molecule has 6 heteroatoms. The molecule has 1 N–H and O–H groups in total. The maximum Gasteiger partial charge on any atom is 0.318 e. The van der Waals surface area contributed by atoms with Gasteiger partial charge in [-0.15, -0.1) is 17.9 Å². The summed E-state index contributed by atoms with van der Waals surface area (Å²) in [5.41, 5.74) is 0. The molecule has 0 saturated carbocycles. The molecule has 0 atom stereocenters. The Morgan fingerprint density at radius 2 is 2.29 bits per heavy atom. The van der Waals surface area contributed by atoms with Crippen molar-refractivity contribution in [2.24, 2.45) is 0 Å². The van der Waals surface area contributed by atoms with Crippen LogP contribution in [0.4, 0.5) is 4.79 Å². The molecule has 2 amide bonds. The van der Waals surface area contributed by atoms with E-state index in [9.17, 15) is 9.59 Å². The molecule has 5 nitrogen and oxygen atoms in total. The second-order valence-electron chi connectivity index (χ2n) is 4.51. The van der Waals surface area contributed by atoms with Gasteiger partial charge in [-0.3, -0.25) is 4.79 Å². The fourth-order valence-corrected chi connectivity index (χ4v) is 2.49. The second kappa shape index (κ2) is 9.99. The number of carbonyl (C=O) groups is 2. The van der Waals surface area contributed by atoms with Crippen LogP contribution in [-0.4, -0.2) is 37.1 Å². The number of urea groups is 1. The van der Waals surface area contributed by atoms with Crippen LogP contribution in [0, 0.1) is 0 Å². The number of nitrogens with one attached hydrogen (secondary N) is 1. The zero-order valence-electron chi connectivity index (χ0n) is 12.3. The SMILES string of the molecule is C=CCN(Cc1cccs1)C(=O)NCCCCC(=O)OC. The molecule has 1 aromatic heterocycles. The summed E-state index contributed by atoms with van der Waals surface area (Å²) in [5, 5.41) is 4.86. The summed E-state index contributed by atoms with van der Waals surface area (Å²) in [5.74, 6) is -0.215. The van der Waals surface area contributed by atoms with Gasteiger partial charge in [-0.05, 0) is 24.3 Å². The van der Waals surface area contributed by atoms with Gasteiger partial charge in [-0.1, -0.05) is 12.1 Å². The van der Waals surface area contributed by atoms with Gasteiger partial charge in [0.15, 0.2) is 0 Å². The predicted octanol–water partition coefficient (Wildman–Crippen LogP) is 2.79. The smallest absolute Gasteiger partial charge is 0.318 e. The van der Waals surface area contributed by atoms with Crippen molar-refractivity contribution in [1.82, 2.24) is 10.2 Å². The van der Waals surface area contributed by atoms with Gasteiger partial charge in [0.25, 0.3) is 0 Å². The number of methoxy groups -OCH3 is 1. The Bertz CT molecular complexity index is 446. The first kappa shape index (κ1) is 17.2. The van der Waals surface area contributed by atoms with Crippen molar-refractivity contribution in [2.45, 2.75) is 25.8 Å². The average Bonchev–Trinajstić information content (AvgIpc) is 2.99. The summed E-state index contributed by atoms with van der Waals surface area (Å²) in [6, 6.07) is 3.86. The van der Waals surface area contributed by atoms with Crippen LogP contribution in [0.5, 0.6) is 0 Å². The summed E-state index contributed by atoms with van der Waals surface area (Å²) >= 11 is 1.62. The van der Waals surface area contributed by atoms with E-state index in [-0.39, 0.29) is 12.0 Å². The molecular formula is C15H22N2O3S. The maximum absolute atomic E-state index is 12.1. The quantitative estimate of drug-likeness (QED) is 0.433. The molecule has 0 spiro atoms. The molecule has 116 valence electrons. The van der Waals surface area contributed by atoms with Gasteiger partial charge in [0, 0.05) is 24.4 Å². The highest BCUT2D eigenvalue weighted by atomic mass is 32.1. The largest absolute Gasteiger partial charge is 0.469 e. The third-order valence-electron chi connectivity index (χ3n) is 2.88. The van der Waals surface area contributed by atoms with E-state index >= 15 is 0 Å². The van der Waals surface area contributed by atoms with Gasteiger partial charge in [0.2, 0.25) is 0 Å². The highest BCUT2D eigenvalue weighted by molar-refractivity contribution is 7.09. The summed E-state index contributed by atoms with van der Waals surface area (Å²) in [7, 11) is 1.38. The molecule has 0 aliphatic heterocycles. The number of thiophene rings is 1. The number of unbranched alkanes of at least 4 members (excludes halogenated alkanes) is 1. The molecule has 1 heterocycles. The van der Waals surface area contributed by atoms with Crippen molar-refractivity contribution in [3.05, 3.63) is 35.0 Å². The van der Waals surface area contributed by atoms with Gasteiger partial charge in [-0.2, -0.15) is 0 Å². The summed E-state index contributed by atoms with van der Waals surface area (Å²) in [4.78, 5) is 25.9. The number of amides is 2. The van der Waals surface area contributed by atoms with Crippen molar-refractivity contribution in [2.75, 3.05) is 20.2 Å². The van der Waals surface area contributed by atoms with Crippen LogP contribution in [-0.2, 0) is 16.1 Å². The molecule has 0 aliphatic rings. The van der Waals surface area contributed by atoms with E-state index in [1.807, 2.05) is 17.5 Å². The third-order valence-corrected chi connectivity index (χ3v) is 3.74. The molecule has 1 rings (SSSR count). The predicted molar refractivity (Wildman–Crippen MR) is 84.2 cm³/mol. The molecule has 0 unspecified atom stereocenters. The van der Waals surface area contributed by atoms with Crippen LogP contribution in [0.1, 0.15) is 24.1 Å².